The van der Waals surface area contributed by atoms with Crippen molar-refractivity contribution in [2.75, 3.05) is 19.5 Å². The molecule has 0 fully saturated rings. The SMILES string of the molecule is COc1cccc([C@H]2S[C@H](C)C(=O)Nc3n[nH]c(C)c32)c1OC. The zero-order valence-electron chi connectivity index (χ0n) is 13.5. The van der Waals surface area contributed by atoms with Gasteiger partial charge in [-0.3, -0.25) is 9.89 Å². The molecule has 122 valence electrons. The molecule has 2 N–H and O–H groups in total. The number of carbonyl (C=O) groups is 1. The number of benzene rings is 1. The van der Waals surface area contributed by atoms with Crippen molar-refractivity contribution < 1.29 is 14.3 Å². The number of hydrogen-bond acceptors (Lipinski definition) is 5. The molecule has 2 heterocycles. The van der Waals surface area contributed by atoms with E-state index in [4.69, 9.17) is 9.47 Å². The van der Waals surface area contributed by atoms with Crippen LogP contribution in [0.4, 0.5) is 5.82 Å². The van der Waals surface area contributed by atoms with Gasteiger partial charge in [0.25, 0.3) is 0 Å². The second-order valence-electron chi connectivity index (χ2n) is 5.34. The molecule has 0 spiro atoms. The molecule has 1 aliphatic rings. The molecule has 6 nitrogen and oxygen atoms in total. The number of amides is 1. The van der Waals surface area contributed by atoms with Gasteiger partial charge in [-0.05, 0) is 19.9 Å². The number of rotatable bonds is 3. The van der Waals surface area contributed by atoms with Gasteiger partial charge in [0, 0.05) is 16.8 Å². The van der Waals surface area contributed by atoms with Crippen LogP contribution in [0.2, 0.25) is 0 Å². The second-order valence-corrected chi connectivity index (χ2v) is 6.79. The topological polar surface area (TPSA) is 76.2 Å². The fourth-order valence-corrected chi connectivity index (χ4v) is 4.10. The summed E-state index contributed by atoms with van der Waals surface area (Å²) in [5, 5.41) is 9.79. The molecule has 0 aliphatic carbocycles. The van der Waals surface area contributed by atoms with E-state index in [0.717, 1.165) is 16.8 Å². The molecule has 0 unspecified atom stereocenters. The molecule has 0 saturated carbocycles. The van der Waals surface area contributed by atoms with E-state index < -0.39 is 0 Å². The molecule has 3 rings (SSSR count). The standard InChI is InChI=1S/C16H19N3O3S/c1-8-12-14(10-6-5-7-11(21-3)13(10)22-4)23-9(2)16(20)17-15(12)19-18-8/h5-7,9,14H,1-4H3,(H2,17,18,19,20)/t9-,14-/m1/s1. The highest BCUT2D eigenvalue weighted by molar-refractivity contribution is 8.01. The van der Waals surface area contributed by atoms with E-state index >= 15 is 0 Å². The second kappa shape index (κ2) is 6.16. The van der Waals surface area contributed by atoms with Crippen LogP contribution in [-0.4, -0.2) is 35.6 Å². The van der Waals surface area contributed by atoms with E-state index in [1.54, 1.807) is 26.0 Å². The van der Waals surface area contributed by atoms with Gasteiger partial charge < -0.3 is 14.8 Å². The van der Waals surface area contributed by atoms with Gasteiger partial charge in [0.05, 0.1) is 24.7 Å². The van der Waals surface area contributed by atoms with Crippen LogP contribution in [-0.2, 0) is 4.79 Å². The highest BCUT2D eigenvalue weighted by Crippen LogP contribution is 2.49. The van der Waals surface area contributed by atoms with E-state index in [-0.39, 0.29) is 16.4 Å². The summed E-state index contributed by atoms with van der Waals surface area (Å²) < 4.78 is 11.0. The number of ether oxygens (including phenoxy) is 2. The lowest BCUT2D eigenvalue weighted by Crippen LogP contribution is -2.21. The molecule has 1 aliphatic heterocycles. The van der Waals surface area contributed by atoms with Crippen LogP contribution in [0.5, 0.6) is 11.5 Å². The monoisotopic (exact) mass is 333 g/mol. The van der Waals surface area contributed by atoms with E-state index in [1.165, 1.54) is 0 Å². The molecule has 0 bridgehead atoms. The third-order valence-electron chi connectivity index (χ3n) is 3.92. The van der Waals surface area contributed by atoms with E-state index in [0.29, 0.717) is 17.3 Å². The van der Waals surface area contributed by atoms with Crippen LogP contribution < -0.4 is 14.8 Å². The molecule has 7 heteroatoms. The molecular weight excluding hydrogens is 314 g/mol. The number of fused-ring (bicyclic) bond motifs is 1. The minimum Gasteiger partial charge on any atom is -0.493 e. The van der Waals surface area contributed by atoms with E-state index in [2.05, 4.69) is 15.5 Å². The van der Waals surface area contributed by atoms with Crippen molar-refractivity contribution in [1.82, 2.24) is 10.2 Å². The number of aromatic nitrogens is 2. The van der Waals surface area contributed by atoms with Crippen LogP contribution in [0.25, 0.3) is 0 Å². The smallest absolute Gasteiger partial charge is 0.238 e. The number of H-pyrrole nitrogens is 1. The van der Waals surface area contributed by atoms with Crippen LogP contribution in [0.1, 0.15) is 29.0 Å². The van der Waals surface area contributed by atoms with Crippen molar-refractivity contribution in [1.29, 1.82) is 0 Å². The lowest BCUT2D eigenvalue weighted by atomic mass is 10.0. The van der Waals surface area contributed by atoms with Crippen LogP contribution in [0.15, 0.2) is 18.2 Å². The number of carbonyl (C=O) groups excluding carboxylic acids is 1. The summed E-state index contributed by atoms with van der Waals surface area (Å²) in [6.07, 6.45) is 0. The maximum absolute atomic E-state index is 12.2. The summed E-state index contributed by atoms with van der Waals surface area (Å²) in [6, 6.07) is 5.79. The first kappa shape index (κ1) is 15.7. The van der Waals surface area contributed by atoms with Crippen molar-refractivity contribution in [3.8, 4) is 11.5 Å². The minimum atomic E-state index is -0.204. The molecule has 1 aromatic heterocycles. The van der Waals surface area contributed by atoms with Crippen molar-refractivity contribution in [2.45, 2.75) is 24.3 Å². The normalized spacial score (nSPS) is 20.4. The Morgan fingerprint density at radius 1 is 1.26 bits per heavy atom. The van der Waals surface area contributed by atoms with Gasteiger partial charge in [-0.2, -0.15) is 5.10 Å². The summed E-state index contributed by atoms with van der Waals surface area (Å²) in [7, 11) is 3.24. The Kier molecular flexibility index (Phi) is 4.21. The number of hydrogen-bond donors (Lipinski definition) is 2. The maximum Gasteiger partial charge on any atom is 0.238 e. The molecular formula is C16H19N3O3S. The highest BCUT2D eigenvalue weighted by atomic mass is 32.2. The molecule has 1 aromatic carbocycles. The number of anilines is 1. The molecule has 2 atom stereocenters. The molecule has 2 aromatic rings. The van der Waals surface area contributed by atoms with Crippen LogP contribution in [0.3, 0.4) is 0 Å². The summed E-state index contributed by atoms with van der Waals surface area (Å²) in [5.41, 5.74) is 2.86. The number of methoxy groups -OCH3 is 2. The summed E-state index contributed by atoms with van der Waals surface area (Å²) >= 11 is 1.57. The van der Waals surface area contributed by atoms with Gasteiger partial charge in [-0.15, -0.1) is 11.8 Å². The number of nitrogens with one attached hydrogen (secondary N) is 2. The van der Waals surface area contributed by atoms with Gasteiger partial charge in [0.15, 0.2) is 17.3 Å². The quantitative estimate of drug-likeness (QED) is 0.903. The van der Waals surface area contributed by atoms with Crippen LogP contribution in [0, 0.1) is 6.92 Å². The van der Waals surface area contributed by atoms with Crippen molar-refractivity contribution in [3.63, 3.8) is 0 Å². The van der Waals surface area contributed by atoms with Gasteiger partial charge >= 0.3 is 0 Å². The first-order valence-corrected chi connectivity index (χ1v) is 8.23. The minimum absolute atomic E-state index is 0.0490. The van der Waals surface area contributed by atoms with Gasteiger partial charge in [-0.1, -0.05) is 12.1 Å². The zero-order valence-corrected chi connectivity index (χ0v) is 14.3. The molecule has 0 radical (unpaired) electrons. The Morgan fingerprint density at radius 2 is 2.04 bits per heavy atom. The average molecular weight is 333 g/mol. The summed E-state index contributed by atoms with van der Waals surface area (Å²) in [4.78, 5) is 12.2. The number of aryl methyl sites for hydroxylation is 1. The fourth-order valence-electron chi connectivity index (χ4n) is 2.75. The van der Waals surface area contributed by atoms with Gasteiger partial charge in [-0.25, -0.2) is 0 Å². The Bertz CT molecular complexity index is 744. The Morgan fingerprint density at radius 3 is 2.74 bits per heavy atom. The lowest BCUT2D eigenvalue weighted by Gasteiger charge is -2.21. The van der Waals surface area contributed by atoms with E-state index in [9.17, 15) is 4.79 Å². The predicted molar refractivity (Wildman–Crippen MR) is 90.4 cm³/mol. The molecule has 0 saturated heterocycles. The van der Waals surface area contributed by atoms with Gasteiger partial charge in [0.2, 0.25) is 5.91 Å². The van der Waals surface area contributed by atoms with Crippen LogP contribution >= 0.6 is 11.8 Å². The first-order chi connectivity index (χ1) is 11.1. The van der Waals surface area contributed by atoms with Gasteiger partial charge in [0.1, 0.15) is 0 Å². The highest BCUT2D eigenvalue weighted by Gasteiger charge is 2.34. The Labute approximate surface area is 138 Å². The number of nitrogens with zero attached hydrogens (tertiary/aromatic N) is 1. The molecule has 1 amide bonds. The van der Waals surface area contributed by atoms with Crippen molar-refractivity contribution >= 4 is 23.5 Å². The van der Waals surface area contributed by atoms with Crippen molar-refractivity contribution in [3.05, 3.63) is 35.0 Å². The summed E-state index contributed by atoms with van der Waals surface area (Å²) in [6.45, 7) is 3.85. The largest absolute Gasteiger partial charge is 0.493 e. The third-order valence-corrected chi connectivity index (χ3v) is 5.31. The first-order valence-electron chi connectivity index (χ1n) is 7.28. The number of thioether (sulfide) groups is 1. The maximum atomic E-state index is 12.2. The lowest BCUT2D eigenvalue weighted by molar-refractivity contribution is -0.115. The Balaban J connectivity index is 2.18. The predicted octanol–water partition coefficient (Wildman–Crippen LogP) is 2.90. The van der Waals surface area contributed by atoms with E-state index in [1.807, 2.05) is 32.0 Å². The molecule has 23 heavy (non-hydrogen) atoms. The summed E-state index contributed by atoms with van der Waals surface area (Å²) in [5.74, 6) is 1.89. The average Bonchev–Trinajstić information content (AvgIpc) is 2.85. The number of aromatic amines is 1. The Hall–Kier alpha value is -2.15. The van der Waals surface area contributed by atoms with Crippen molar-refractivity contribution in [2.24, 2.45) is 0 Å². The third kappa shape index (κ3) is 2.65. The number of para-hydroxylation sites is 1. The fraction of sp³-hybridized carbons (Fsp3) is 0.375. The zero-order chi connectivity index (χ0) is 16.6.